The number of nitrogens with one attached hydrogen (secondary N) is 1. The molecule has 0 saturated heterocycles. The molecule has 1 amide bonds. The molecule has 0 saturated carbocycles. The smallest absolute Gasteiger partial charge is 0.267 e. The maximum absolute atomic E-state index is 13.0. The summed E-state index contributed by atoms with van der Waals surface area (Å²) in [6.45, 7) is 1.51. The highest BCUT2D eigenvalue weighted by atomic mass is 19.1. The van der Waals surface area contributed by atoms with Crippen molar-refractivity contribution in [3.63, 3.8) is 0 Å². The molecule has 1 aromatic heterocycles. The topological polar surface area (TPSA) is 90.0 Å². The fourth-order valence-corrected chi connectivity index (χ4v) is 1.60. The van der Waals surface area contributed by atoms with Crippen LogP contribution < -0.4 is 16.6 Å². The summed E-state index contributed by atoms with van der Waals surface area (Å²) in [5, 5.41) is 6.36. The number of anilines is 2. The van der Waals surface area contributed by atoms with Crippen molar-refractivity contribution in [2.45, 2.75) is 13.5 Å². The molecule has 3 N–H and O–H groups in total. The molecule has 7 heteroatoms. The van der Waals surface area contributed by atoms with Crippen molar-refractivity contribution in [2.24, 2.45) is 0 Å². The summed E-state index contributed by atoms with van der Waals surface area (Å²) in [6, 6.07) is 5.23. The van der Waals surface area contributed by atoms with Crippen molar-refractivity contribution in [3.05, 3.63) is 52.2 Å². The second-order valence-corrected chi connectivity index (χ2v) is 4.31. The maximum atomic E-state index is 13.0. The van der Waals surface area contributed by atoms with E-state index in [4.69, 9.17) is 5.73 Å². The number of aromatic nitrogens is 2. The van der Waals surface area contributed by atoms with Crippen molar-refractivity contribution >= 4 is 17.3 Å². The van der Waals surface area contributed by atoms with Crippen LogP contribution in [0.5, 0.6) is 0 Å². The van der Waals surface area contributed by atoms with E-state index < -0.39 is 11.7 Å². The quantitative estimate of drug-likeness (QED) is 0.815. The number of nitrogens with two attached hydrogens (primary N) is 1. The number of halogens is 1. The number of nitrogen functional groups attached to an aromatic ring is 1. The van der Waals surface area contributed by atoms with E-state index in [0.29, 0.717) is 5.69 Å². The first kappa shape index (κ1) is 13.7. The van der Waals surface area contributed by atoms with E-state index in [-0.39, 0.29) is 17.8 Å². The largest absolute Gasteiger partial charge is 0.396 e. The van der Waals surface area contributed by atoms with Crippen LogP contribution in [0.2, 0.25) is 0 Å². The van der Waals surface area contributed by atoms with Gasteiger partial charge in [-0.2, -0.15) is 5.10 Å². The molecule has 0 bridgehead atoms. The third-order valence-corrected chi connectivity index (χ3v) is 2.58. The van der Waals surface area contributed by atoms with Gasteiger partial charge in [0.05, 0.1) is 11.9 Å². The summed E-state index contributed by atoms with van der Waals surface area (Å²) in [5.41, 5.74) is 6.05. The molecule has 6 nitrogen and oxygen atoms in total. The number of nitrogens with zero attached hydrogens (tertiary/aromatic N) is 2. The zero-order chi connectivity index (χ0) is 14.7. The van der Waals surface area contributed by atoms with Crippen molar-refractivity contribution in [3.8, 4) is 0 Å². The lowest BCUT2D eigenvalue weighted by Gasteiger charge is -2.07. The normalized spacial score (nSPS) is 10.3. The molecule has 0 unspecified atom stereocenters. The lowest BCUT2D eigenvalue weighted by molar-refractivity contribution is -0.117. The van der Waals surface area contributed by atoms with Crippen LogP contribution in [-0.4, -0.2) is 15.7 Å². The molecule has 1 aromatic carbocycles. The Bertz CT molecular complexity index is 712. The predicted octanol–water partition coefficient (Wildman–Crippen LogP) is 0.912. The molecule has 2 rings (SSSR count). The molecule has 104 valence electrons. The van der Waals surface area contributed by atoms with E-state index >= 15 is 0 Å². The first-order valence-corrected chi connectivity index (χ1v) is 5.84. The van der Waals surface area contributed by atoms with Gasteiger partial charge in [-0.3, -0.25) is 9.59 Å². The molecule has 0 radical (unpaired) electrons. The Hall–Kier alpha value is -2.70. The third-order valence-electron chi connectivity index (χ3n) is 2.58. The summed E-state index contributed by atoms with van der Waals surface area (Å²) >= 11 is 0. The van der Waals surface area contributed by atoms with Gasteiger partial charge in [0.2, 0.25) is 5.91 Å². The summed E-state index contributed by atoms with van der Waals surface area (Å²) in [5.74, 6) is -1.01. The van der Waals surface area contributed by atoms with Crippen molar-refractivity contribution in [1.29, 1.82) is 0 Å². The van der Waals surface area contributed by atoms with Gasteiger partial charge in [-0.1, -0.05) is 0 Å². The summed E-state index contributed by atoms with van der Waals surface area (Å²) in [7, 11) is 0. The van der Waals surface area contributed by atoms with E-state index in [1.54, 1.807) is 6.92 Å². The van der Waals surface area contributed by atoms with Crippen LogP contribution in [0.4, 0.5) is 15.8 Å². The van der Waals surface area contributed by atoms with Crippen LogP contribution in [-0.2, 0) is 11.3 Å². The minimum atomic E-state index is -0.556. The van der Waals surface area contributed by atoms with Crippen LogP contribution in [0.1, 0.15) is 5.56 Å². The van der Waals surface area contributed by atoms with Crippen molar-refractivity contribution < 1.29 is 9.18 Å². The number of hydrogen-bond donors (Lipinski definition) is 2. The number of rotatable bonds is 3. The maximum Gasteiger partial charge on any atom is 0.267 e. The number of carbonyl (C=O) groups is 1. The van der Waals surface area contributed by atoms with Gasteiger partial charge in [0.1, 0.15) is 12.4 Å². The van der Waals surface area contributed by atoms with E-state index in [9.17, 15) is 14.0 Å². The average molecular weight is 276 g/mol. The molecule has 0 aliphatic carbocycles. The molecular weight excluding hydrogens is 263 g/mol. The lowest BCUT2D eigenvalue weighted by atomic mass is 10.2. The van der Waals surface area contributed by atoms with E-state index in [2.05, 4.69) is 10.4 Å². The Morgan fingerprint density at radius 3 is 2.85 bits per heavy atom. The molecular formula is C13H13FN4O2. The van der Waals surface area contributed by atoms with Crippen LogP contribution in [0.15, 0.2) is 35.3 Å². The highest BCUT2D eigenvalue weighted by molar-refractivity contribution is 5.90. The molecule has 2 aromatic rings. The molecule has 0 atom stereocenters. The fraction of sp³-hybridized carbons (Fsp3) is 0.154. The van der Waals surface area contributed by atoms with Crippen LogP contribution >= 0.6 is 0 Å². The summed E-state index contributed by atoms with van der Waals surface area (Å²) < 4.78 is 14.0. The second-order valence-electron chi connectivity index (χ2n) is 4.31. The molecule has 0 fully saturated rings. The third kappa shape index (κ3) is 3.19. The van der Waals surface area contributed by atoms with Crippen LogP contribution in [0.3, 0.4) is 0 Å². The standard InChI is InChI=1S/C13H13FN4O2/c1-8-4-13(20)18(16-6-8)7-12(19)17-9-2-3-10(14)11(15)5-9/h2-6H,7,15H2,1H3,(H,17,19). The van der Waals surface area contributed by atoms with E-state index in [1.165, 1.54) is 24.4 Å². The van der Waals surface area contributed by atoms with Crippen molar-refractivity contribution in [2.75, 3.05) is 11.1 Å². The lowest BCUT2D eigenvalue weighted by Crippen LogP contribution is -2.29. The number of amides is 1. The molecule has 0 aliphatic rings. The molecule has 0 aliphatic heterocycles. The number of benzene rings is 1. The van der Waals surface area contributed by atoms with Gasteiger partial charge in [0.25, 0.3) is 5.56 Å². The number of carbonyl (C=O) groups excluding carboxylic acids is 1. The van der Waals surface area contributed by atoms with Crippen LogP contribution in [0.25, 0.3) is 0 Å². The Morgan fingerprint density at radius 1 is 1.45 bits per heavy atom. The van der Waals surface area contributed by atoms with Crippen molar-refractivity contribution in [1.82, 2.24) is 9.78 Å². The highest BCUT2D eigenvalue weighted by Gasteiger charge is 2.07. The van der Waals surface area contributed by atoms with Gasteiger partial charge in [-0.15, -0.1) is 0 Å². The van der Waals surface area contributed by atoms with E-state index in [0.717, 1.165) is 16.3 Å². The monoisotopic (exact) mass is 276 g/mol. The van der Waals surface area contributed by atoms with Gasteiger partial charge >= 0.3 is 0 Å². The zero-order valence-corrected chi connectivity index (χ0v) is 10.8. The Morgan fingerprint density at radius 2 is 2.20 bits per heavy atom. The highest BCUT2D eigenvalue weighted by Crippen LogP contribution is 2.16. The fourth-order valence-electron chi connectivity index (χ4n) is 1.60. The summed E-state index contributed by atoms with van der Waals surface area (Å²) in [6.07, 6.45) is 1.49. The van der Waals surface area contributed by atoms with Gasteiger partial charge in [-0.25, -0.2) is 9.07 Å². The first-order valence-electron chi connectivity index (χ1n) is 5.84. The molecule has 20 heavy (non-hydrogen) atoms. The molecule has 1 heterocycles. The minimum Gasteiger partial charge on any atom is -0.396 e. The minimum absolute atomic E-state index is 0.0616. The molecule has 0 spiro atoms. The Labute approximate surface area is 114 Å². The Balaban J connectivity index is 2.09. The van der Waals surface area contributed by atoms with Gasteiger partial charge in [0, 0.05) is 11.8 Å². The number of hydrogen-bond acceptors (Lipinski definition) is 4. The van der Waals surface area contributed by atoms with Crippen LogP contribution in [0, 0.1) is 12.7 Å². The first-order chi connectivity index (χ1) is 9.45. The Kier molecular flexibility index (Phi) is 3.79. The summed E-state index contributed by atoms with van der Waals surface area (Å²) in [4.78, 5) is 23.3. The van der Waals surface area contributed by atoms with Gasteiger partial charge in [0.15, 0.2) is 0 Å². The zero-order valence-electron chi connectivity index (χ0n) is 10.8. The average Bonchev–Trinajstić information content (AvgIpc) is 2.37. The van der Waals surface area contributed by atoms with Gasteiger partial charge < -0.3 is 11.1 Å². The van der Waals surface area contributed by atoms with Gasteiger partial charge in [-0.05, 0) is 30.7 Å². The number of aryl methyl sites for hydroxylation is 1. The second kappa shape index (κ2) is 5.52. The predicted molar refractivity (Wildman–Crippen MR) is 72.7 cm³/mol. The van der Waals surface area contributed by atoms with E-state index in [1.807, 2.05) is 0 Å². The SMILES string of the molecule is Cc1cnn(CC(=O)Nc2ccc(F)c(N)c2)c(=O)c1.